The third-order valence-corrected chi connectivity index (χ3v) is 9.69. The average Bonchev–Trinajstić information content (AvgIpc) is 3.32. The Labute approximate surface area is 205 Å². The fraction of sp³-hybridized carbons (Fsp3) is 0.312. The number of rotatable bonds is 2. The van der Waals surface area contributed by atoms with Crippen molar-refractivity contribution in [3.8, 4) is 22.4 Å². The van der Waals surface area contributed by atoms with Crippen LogP contribution in [-0.4, -0.2) is 21.5 Å². The van der Waals surface area contributed by atoms with Crippen molar-refractivity contribution >= 4 is 16.7 Å². The molecule has 1 spiro atoms. The van der Waals surface area contributed by atoms with Gasteiger partial charge in [0.2, 0.25) is 0 Å². The molecule has 3 unspecified atom stereocenters. The SMILES string of the molecule is CC(C)(O)C12CC3(C)c4c(nc5ccccc5c4-c4ccccc4)-c4ccccc4C3(CC1=O)C2. The number of para-hydroxylation sites is 1. The molecule has 174 valence electrons. The van der Waals surface area contributed by atoms with Gasteiger partial charge in [-0.05, 0) is 55.0 Å². The first kappa shape index (κ1) is 21.0. The van der Waals surface area contributed by atoms with Gasteiger partial charge >= 0.3 is 0 Å². The maximum atomic E-state index is 13.7. The van der Waals surface area contributed by atoms with Crippen LogP contribution in [0.4, 0.5) is 0 Å². The summed E-state index contributed by atoms with van der Waals surface area (Å²) >= 11 is 0. The molecule has 3 aromatic carbocycles. The molecule has 1 aromatic heterocycles. The van der Waals surface area contributed by atoms with Crippen LogP contribution in [-0.2, 0) is 15.6 Å². The third-order valence-electron chi connectivity index (χ3n) is 9.69. The zero-order chi connectivity index (χ0) is 24.2. The molecule has 2 fully saturated rings. The number of hydrogen-bond donors (Lipinski definition) is 1. The van der Waals surface area contributed by atoms with Gasteiger partial charge in [0.25, 0.3) is 0 Å². The zero-order valence-corrected chi connectivity index (χ0v) is 20.4. The van der Waals surface area contributed by atoms with E-state index < -0.39 is 11.0 Å². The molecule has 3 heteroatoms. The zero-order valence-electron chi connectivity index (χ0n) is 20.4. The van der Waals surface area contributed by atoms with Crippen molar-refractivity contribution < 1.29 is 9.90 Å². The molecule has 0 saturated heterocycles. The first-order valence-electron chi connectivity index (χ1n) is 12.6. The van der Waals surface area contributed by atoms with E-state index in [9.17, 15) is 9.90 Å². The van der Waals surface area contributed by atoms with Crippen molar-refractivity contribution in [3.63, 3.8) is 0 Å². The second-order valence-corrected chi connectivity index (χ2v) is 11.6. The number of aromatic nitrogens is 1. The number of aliphatic hydroxyl groups is 1. The summed E-state index contributed by atoms with van der Waals surface area (Å²) in [7, 11) is 0. The number of ketones is 1. The van der Waals surface area contributed by atoms with Crippen LogP contribution >= 0.6 is 0 Å². The lowest BCUT2D eigenvalue weighted by atomic mass is 9.51. The van der Waals surface area contributed by atoms with Crippen LogP contribution in [0.3, 0.4) is 0 Å². The molecule has 0 aliphatic heterocycles. The number of hydrogen-bond acceptors (Lipinski definition) is 3. The summed E-state index contributed by atoms with van der Waals surface area (Å²) in [6.45, 7) is 5.99. The van der Waals surface area contributed by atoms with Gasteiger partial charge in [0, 0.05) is 28.2 Å². The highest BCUT2D eigenvalue weighted by atomic mass is 16.3. The van der Waals surface area contributed by atoms with Gasteiger partial charge in [-0.1, -0.05) is 79.7 Å². The molecule has 3 aliphatic carbocycles. The van der Waals surface area contributed by atoms with Crippen molar-refractivity contribution in [1.82, 2.24) is 4.98 Å². The molecule has 2 saturated carbocycles. The van der Waals surface area contributed by atoms with Gasteiger partial charge in [-0.15, -0.1) is 0 Å². The molecule has 2 bridgehead atoms. The molecular formula is C32H29NO2. The molecule has 7 rings (SSSR count). The smallest absolute Gasteiger partial charge is 0.142 e. The lowest BCUT2D eigenvalue weighted by Crippen LogP contribution is -2.52. The normalized spacial score (nSPS) is 28.6. The quantitative estimate of drug-likeness (QED) is 0.367. The number of carbonyl (C=O) groups is 1. The lowest BCUT2D eigenvalue weighted by Gasteiger charge is -2.51. The summed E-state index contributed by atoms with van der Waals surface area (Å²) in [4.78, 5) is 19.0. The first-order valence-corrected chi connectivity index (χ1v) is 12.6. The van der Waals surface area contributed by atoms with Gasteiger partial charge < -0.3 is 5.11 Å². The summed E-state index contributed by atoms with van der Waals surface area (Å²) in [5.74, 6) is 0.204. The minimum absolute atomic E-state index is 0.204. The third kappa shape index (κ3) is 2.35. The Balaban J connectivity index is 1.68. The van der Waals surface area contributed by atoms with Crippen LogP contribution in [0.25, 0.3) is 33.3 Å². The number of fused-ring (bicyclic) bond motifs is 6. The second-order valence-electron chi connectivity index (χ2n) is 11.6. The van der Waals surface area contributed by atoms with Crippen molar-refractivity contribution in [2.24, 2.45) is 5.41 Å². The summed E-state index contributed by atoms with van der Waals surface area (Å²) in [6.07, 6.45) is 1.77. The fourth-order valence-electron chi connectivity index (χ4n) is 7.99. The Morgan fingerprint density at radius 1 is 0.886 bits per heavy atom. The average molecular weight is 460 g/mol. The maximum Gasteiger partial charge on any atom is 0.142 e. The summed E-state index contributed by atoms with van der Waals surface area (Å²) in [6, 6.07) is 27.5. The summed E-state index contributed by atoms with van der Waals surface area (Å²) < 4.78 is 0. The van der Waals surface area contributed by atoms with Crippen LogP contribution in [0.1, 0.15) is 51.2 Å². The van der Waals surface area contributed by atoms with Crippen molar-refractivity contribution in [2.75, 3.05) is 0 Å². The van der Waals surface area contributed by atoms with Crippen LogP contribution in [0.2, 0.25) is 0 Å². The lowest BCUT2D eigenvalue weighted by molar-refractivity contribution is -0.142. The largest absolute Gasteiger partial charge is 0.389 e. The summed E-state index contributed by atoms with van der Waals surface area (Å²) in [5.41, 5.74) is 5.41. The summed E-state index contributed by atoms with van der Waals surface area (Å²) in [5, 5.41) is 12.6. The molecule has 35 heavy (non-hydrogen) atoms. The molecule has 4 aromatic rings. The van der Waals surface area contributed by atoms with Crippen LogP contribution < -0.4 is 0 Å². The molecular weight excluding hydrogens is 430 g/mol. The van der Waals surface area contributed by atoms with Crippen molar-refractivity contribution in [2.45, 2.75) is 56.5 Å². The van der Waals surface area contributed by atoms with E-state index >= 15 is 0 Å². The number of carbonyl (C=O) groups excluding carboxylic acids is 1. The van der Waals surface area contributed by atoms with E-state index in [1.807, 2.05) is 19.9 Å². The molecule has 3 aliphatic rings. The van der Waals surface area contributed by atoms with Gasteiger partial charge in [-0.3, -0.25) is 4.79 Å². The molecule has 0 amide bonds. The van der Waals surface area contributed by atoms with Gasteiger partial charge in [0.15, 0.2) is 0 Å². The highest BCUT2D eigenvalue weighted by Gasteiger charge is 2.76. The van der Waals surface area contributed by atoms with Crippen LogP contribution in [0.5, 0.6) is 0 Å². The van der Waals surface area contributed by atoms with Gasteiger partial charge in [0.05, 0.1) is 22.2 Å². The van der Waals surface area contributed by atoms with Gasteiger partial charge in [-0.2, -0.15) is 0 Å². The second kappa shape index (κ2) is 6.47. The van der Waals surface area contributed by atoms with E-state index in [1.54, 1.807) is 0 Å². The van der Waals surface area contributed by atoms with E-state index in [2.05, 4.69) is 79.7 Å². The number of benzene rings is 3. The topological polar surface area (TPSA) is 50.2 Å². The minimum Gasteiger partial charge on any atom is -0.389 e. The Hall–Kier alpha value is -3.30. The predicted molar refractivity (Wildman–Crippen MR) is 139 cm³/mol. The van der Waals surface area contributed by atoms with E-state index in [1.165, 1.54) is 22.3 Å². The standard InChI is InChI=1S/C32H29NO2/c1-29(2,35)32-18-30(3)27-26(20-11-5-4-6-12-20)22-14-8-10-16-24(22)33-28(27)21-13-7-9-15-23(21)31(30,19-32)17-25(32)34/h4-16,35H,17-19H2,1-3H3. The van der Waals surface area contributed by atoms with Crippen molar-refractivity contribution in [3.05, 3.63) is 90.0 Å². The Kier molecular flexibility index (Phi) is 3.89. The van der Waals surface area contributed by atoms with E-state index in [-0.39, 0.29) is 16.6 Å². The van der Waals surface area contributed by atoms with Gasteiger partial charge in [-0.25, -0.2) is 4.98 Å². The first-order chi connectivity index (χ1) is 16.7. The number of pyridine rings is 1. The number of nitrogens with zero attached hydrogens (tertiary/aromatic N) is 1. The van der Waals surface area contributed by atoms with Crippen molar-refractivity contribution in [1.29, 1.82) is 0 Å². The Morgan fingerprint density at radius 3 is 2.34 bits per heavy atom. The Bertz CT molecular complexity index is 1550. The molecule has 3 nitrogen and oxygen atoms in total. The van der Waals surface area contributed by atoms with Crippen LogP contribution in [0.15, 0.2) is 78.9 Å². The highest BCUT2D eigenvalue weighted by molar-refractivity contribution is 6.03. The van der Waals surface area contributed by atoms with Gasteiger partial charge in [0.1, 0.15) is 5.78 Å². The number of Topliss-reactive ketones (excluding diaryl/α,β-unsaturated/α-hetero) is 1. The predicted octanol–water partition coefficient (Wildman–Crippen LogP) is 6.60. The molecule has 1 N–H and O–H groups in total. The highest BCUT2D eigenvalue weighted by Crippen LogP contribution is 2.75. The van der Waals surface area contributed by atoms with E-state index in [4.69, 9.17) is 4.98 Å². The van der Waals surface area contributed by atoms with Crippen LogP contribution in [0, 0.1) is 5.41 Å². The van der Waals surface area contributed by atoms with E-state index in [0.717, 1.165) is 22.2 Å². The maximum absolute atomic E-state index is 13.7. The fourth-order valence-corrected chi connectivity index (χ4v) is 7.99. The Morgan fingerprint density at radius 2 is 1.57 bits per heavy atom. The van der Waals surface area contributed by atoms with E-state index in [0.29, 0.717) is 19.3 Å². The molecule has 0 radical (unpaired) electrons. The molecule has 3 atom stereocenters. The monoisotopic (exact) mass is 459 g/mol. The minimum atomic E-state index is -1.10. The molecule has 1 heterocycles.